The van der Waals surface area contributed by atoms with Crippen LogP contribution in [0, 0.1) is 0 Å². The maximum Gasteiger partial charge on any atom is 0.236 e. The molecule has 4 nitrogen and oxygen atoms in total. The Morgan fingerprint density at radius 2 is 2.05 bits per heavy atom. The Labute approximate surface area is 114 Å². The third kappa shape index (κ3) is 4.24. The zero-order valence-electron chi connectivity index (χ0n) is 11.7. The summed E-state index contributed by atoms with van der Waals surface area (Å²) in [5.41, 5.74) is 1.25. The van der Waals surface area contributed by atoms with Crippen molar-refractivity contribution in [2.45, 2.75) is 25.3 Å². The van der Waals surface area contributed by atoms with Gasteiger partial charge in [0.15, 0.2) is 0 Å². The maximum absolute atomic E-state index is 11.8. The molecule has 0 aromatic heterocycles. The van der Waals surface area contributed by atoms with Crippen LogP contribution in [-0.2, 0) is 11.2 Å². The highest BCUT2D eigenvalue weighted by atomic mass is 16.5. The van der Waals surface area contributed by atoms with Gasteiger partial charge in [0.1, 0.15) is 5.75 Å². The summed E-state index contributed by atoms with van der Waals surface area (Å²) >= 11 is 0. The number of benzene rings is 1. The van der Waals surface area contributed by atoms with Crippen LogP contribution in [0.25, 0.3) is 0 Å². The van der Waals surface area contributed by atoms with E-state index in [1.165, 1.54) is 5.56 Å². The van der Waals surface area contributed by atoms with Gasteiger partial charge in [0.25, 0.3) is 0 Å². The van der Waals surface area contributed by atoms with Crippen molar-refractivity contribution in [3.63, 3.8) is 0 Å². The van der Waals surface area contributed by atoms with Gasteiger partial charge in [-0.1, -0.05) is 12.1 Å². The fourth-order valence-corrected chi connectivity index (χ4v) is 2.01. The first-order chi connectivity index (χ1) is 9.20. The number of nitrogens with one attached hydrogen (secondary N) is 1. The molecule has 0 unspecified atom stereocenters. The van der Waals surface area contributed by atoms with Crippen molar-refractivity contribution < 1.29 is 9.53 Å². The highest BCUT2D eigenvalue weighted by Gasteiger charge is 2.28. The van der Waals surface area contributed by atoms with E-state index in [4.69, 9.17) is 4.74 Å². The Morgan fingerprint density at radius 3 is 2.63 bits per heavy atom. The Bertz CT molecular complexity index is 413. The largest absolute Gasteiger partial charge is 0.497 e. The van der Waals surface area contributed by atoms with E-state index in [2.05, 4.69) is 17.4 Å². The summed E-state index contributed by atoms with van der Waals surface area (Å²) in [7, 11) is 3.56. The van der Waals surface area contributed by atoms with Crippen molar-refractivity contribution in [3.05, 3.63) is 29.8 Å². The summed E-state index contributed by atoms with van der Waals surface area (Å²) in [5.74, 6) is 1.06. The normalized spacial score (nSPS) is 14.2. The van der Waals surface area contributed by atoms with Gasteiger partial charge < -0.3 is 15.0 Å². The van der Waals surface area contributed by atoms with Crippen molar-refractivity contribution in [2.24, 2.45) is 0 Å². The highest BCUT2D eigenvalue weighted by Crippen LogP contribution is 2.25. The summed E-state index contributed by atoms with van der Waals surface area (Å²) in [6, 6.07) is 8.52. The number of ether oxygens (including phenoxy) is 1. The second-order valence-corrected chi connectivity index (χ2v) is 5.01. The average molecular weight is 262 g/mol. The number of carbonyl (C=O) groups excluding carboxylic acids is 1. The quantitative estimate of drug-likeness (QED) is 0.756. The first kappa shape index (κ1) is 13.9. The average Bonchev–Trinajstić information content (AvgIpc) is 3.27. The predicted octanol–water partition coefficient (Wildman–Crippen LogP) is 1.45. The molecule has 0 aliphatic heterocycles. The van der Waals surface area contributed by atoms with Crippen LogP contribution >= 0.6 is 0 Å². The van der Waals surface area contributed by atoms with Crippen molar-refractivity contribution in [3.8, 4) is 5.75 Å². The Morgan fingerprint density at radius 1 is 1.37 bits per heavy atom. The first-order valence-corrected chi connectivity index (χ1v) is 6.80. The minimum Gasteiger partial charge on any atom is -0.497 e. The van der Waals surface area contributed by atoms with Crippen molar-refractivity contribution in [1.29, 1.82) is 0 Å². The van der Waals surface area contributed by atoms with Crippen LogP contribution in [0.5, 0.6) is 5.75 Å². The zero-order chi connectivity index (χ0) is 13.7. The molecular weight excluding hydrogens is 240 g/mol. The van der Waals surface area contributed by atoms with Gasteiger partial charge in [-0.15, -0.1) is 0 Å². The Kier molecular flexibility index (Phi) is 4.80. The fourth-order valence-electron chi connectivity index (χ4n) is 2.01. The van der Waals surface area contributed by atoms with Crippen LogP contribution in [0.15, 0.2) is 24.3 Å². The molecule has 0 saturated heterocycles. The van der Waals surface area contributed by atoms with Crippen molar-refractivity contribution >= 4 is 5.91 Å². The summed E-state index contributed by atoms with van der Waals surface area (Å²) in [6.07, 6.45) is 3.24. The van der Waals surface area contributed by atoms with E-state index in [-0.39, 0.29) is 5.91 Å². The lowest BCUT2D eigenvalue weighted by Gasteiger charge is -2.16. The molecule has 0 atom stereocenters. The molecule has 104 valence electrons. The van der Waals surface area contributed by atoms with Gasteiger partial charge in [0.05, 0.1) is 13.7 Å². The number of hydrogen-bond donors (Lipinski definition) is 1. The van der Waals surface area contributed by atoms with Crippen LogP contribution in [-0.4, -0.2) is 44.1 Å². The van der Waals surface area contributed by atoms with E-state index in [9.17, 15) is 4.79 Å². The number of rotatable bonds is 7. The molecule has 0 heterocycles. The Hall–Kier alpha value is -1.55. The second-order valence-electron chi connectivity index (χ2n) is 5.01. The second kappa shape index (κ2) is 6.57. The number of hydrogen-bond acceptors (Lipinski definition) is 3. The fraction of sp³-hybridized carbons (Fsp3) is 0.533. The number of amides is 1. The van der Waals surface area contributed by atoms with Gasteiger partial charge in [-0.25, -0.2) is 0 Å². The molecule has 1 aromatic rings. The van der Waals surface area contributed by atoms with Crippen molar-refractivity contribution in [2.75, 3.05) is 27.2 Å². The topological polar surface area (TPSA) is 41.6 Å². The SMILES string of the molecule is COc1ccc(CCNCC(=O)N(C)C2CC2)cc1. The maximum atomic E-state index is 11.8. The molecule has 1 aliphatic rings. The van der Waals surface area contributed by atoms with Gasteiger partial charge in [-0.05, 0) is 43.5 Å². The molecule has 2 rings (SSSR count). The zero-order valence-corrected chi connectivity index (χ0v) is 11.7. The molecule has 1 N–H and O–H groups in total. The number of likely N-dealkylation sites (N-methyl/N-ethyl adjacent to an activating group) is 1. The van der Waals surface area contributed by atoms with E-state index in [1.54, 1.807) is 7.11 Å². The van der Waals surface area contributed by atoms with E-state index in [0.29, 0.717) is 12.6 Å². The number of methoxy groups -OCH3 is 1. The van der Waals surface area contributed by atoms with Crippen LogP contribution in [0.3, 0.4) is 0 Å². The highest BCUT2D eigenvalue weighted by molar-refractivity contribution is 5.78. The summed E-state index contributed by atoms with van der Waals surface area (Å²) in [5, 5.41) is 3.20. The molecule has 0 radical (unpaired) electrons. The monoisotopic (exact) mass is 262 g/mol. The van der Waals surface area contributed by atoms with E-state index in [0.717, 1.165) is 31.6 Å². The molecule has 1 amide bonds. The molecule has 4 heteroatoms. The van der Waals surface area contributed by atoms with Crippen LogP contribution in [0.1, 0.15) is 18.4 Å². The van der Waals surface area contributed by atoms with Gasteiger partial charge in [-0.3, -0.25) is 4.79 Å². The molecule has 0 bridgehead atoms. The third-order valence-corrected chi connectivity index (χ3v) is 3.51. The predicted molar refractivity (Wildman–Crippen MR) is 75.4 cm³/mol. The lowest BCUT2D eigenvalue weighted by Crippen LogP contribution is -2.37. The lowest BCUT2D eigenvalue weighted by molar-refractivity contribution is -0.129. The smallest absolute Gasteiger partial charge is 0.236 e. The molecule has 19 heavy (non-hydrogen) atoms. The minimum atomic E-state index is 0.192. The number of carbonyl (C=O) groups is 1. The van der Waals surface area contributed by atoms with E-state index >= 15 is 0 Å². The molecule has 1 fully saturated rings. The van der Waals surface area contributed by atoms with Crippen LogP contribution < -0.4 is 10.1 Å². The lowest BCUT2D eigenvalue weighted by atomic mass is 10.1. The van der Waals surface area contributed by atoms with Gasteiger partial charge >= 0.3 is 0 Å². The van der Waals surface area contributed by atoms with Crippen LogP contribution in [0.2, 0.25) is 0 Å². The molecular formula is C15H22N2O2. The van der Waals surface area contributed by atoms with E-state index in [1.807, 2.05) is 24.1 Å². The molecule has 1 saturated carbocycles. The van der Waals surface area contributed by atoms with Gasteiger partial charge in [-0.2, -0.15) is 0 Å². The number of nitrogens with zero attached hydrogens (tertiary/aromatic N) is 1. The summed E-state index contributed by atoms with van der Waals surface area (Å²) in [6.45, 7) is 1.25. The van der Waals surface area contributed by atoms with Gasteiger partial charge in [0.2, 0.25) is 5.91 Å². The Balaban J connectivity index is 1.64. The first-order valence-electron chi connectivity index (χ1n) is 6.80. The summed E-state index contributed by atoms with van der Waals surface area (Å²) < 4.78 is 5.12. The van der Waals surface area contributed by atoms with E-state index < -0.39 is 0 Å². The minimum absolute atomic E-state index is 0.192. The molecule has 0 spiro atoms. The standard InChI is InChI=1S/C15H22N2O2/c1-17(13-5-6-13)15(18)11-16-10-9-12-3-7-14(19-2)8-4-12/h3-4,7-8,13,16H,5-6,9-11H2,1-2H3. The van der Waals surface area contributed by atoms with Crippen molar-refractivity contribution in [1.82, 2.24) is 10.2 Å². The summed E-state index contributed by atoms with van der Waals surface area (Å²) in [4.78, 5) is 13.6. The molecule has 1 aromatic carbocycles. The van der Waals surface area contributed by atoms with Gasteiger partial charge in [0, 0.05) is 13.1 Å². The third-order valence-electron chi connectivity index (χ3n) is 3.51. The van der Waals surface area contributed by atoms with Crippen LogP contribution in [0.4, 0.5) is 0 Å². The molecule has 1 aliphatic carbocycles.